The van der Waals surface area contributed by atoms with E-state index in [1.165, 1.54) is 0 Å². The van der Waals surface area contributed by atoms with Gasteiger partial charge in [0.15, 0.2) is 5.82 Å². The Morgan fingerprint density at radius 3 is 2.45 bits per heavy atom. The number of H-pyrrole nitrogens is 1. The first-order chi connectivity index (χ1) is 9.25. The number of hydrogen-bond donors (Lipinski definition) is 2. The topological polar surface area (TPSA) is 69.2 Å². The van der Waals surface area contributed by atoms with Gasteiger partial charge in [-0.05, 0) is 19.3 Å². The Bertz CT molecular complexity index is 523. The molecule has 0 spiro atoms. The molecule has 112 valence electrons. The maximum Gasteiger partial charge on any atom is 0.291 e. The zero-order valence-corrected chi connectivity index (χ0v) is 12.9. The molecule has 1 aromatic rings. The molecule has 0 saturated carbocycles. The third kappa shape index (κ3) is 3.03. The van der Waals surface area contributed by atoms with Crippen LogP contribution >= 0.6 is 0 Å². The molecule has 1 saturated heterocycles. The molecule has 0 bridgehead atoms. The molecule has 5 nitrogen and oxygen atoms in total. The van der Waals surface area contributed by atoms with Crippen molar-refractivity contribution in [2.75, 3.05) is 18.0 Å². The summed E-state index contributed by atoms with van der Waals surface area (Å²) in [6.45, 7) is 9.48. The molecule has 2 rings (SSSR count). The van der Waals surface area contributed by atoms with E-state index in [1.807, 2.05) is 32.6 Å². The molecule has 0 unspecified atom stereocenters. The fourth-order valence-electron chi connectivity index (χ4n) is 2.49. The van der Waals surface area contributed by atoms with Gasteiger partial charge in [0.2, 0.25) is 0 Å². The molecule has 0 aromatic carbocycles. The molecule has 0 amide bonds. The second-order valence-corrected chi connectivity index (χ2v) is 6.76. The average Bonchev–Trinajstić information content (AvgIpc) is 2.39. The van der Waals surface area contributed by atoms with Crippen LogP contribution in [0.3, 0.4) is 0 Å². The summed E-state index contributed by atoms with van der Waals surface area (Å²) in [5.41, 5.74) is 0.0108. The van der Waals surface area contributed by atoms with Crippen molar-refractivity contribution < 1.29 is 5.11 Å². The van der Waals surface area contributed by atoms with Gasteiger partial charge in [0.25, 0.3) is 5.56 Å². The van der Waals surface area contributed by atoms with Gasteiger partial charge in [-0.1, -0.05) is 27.7 Å². The largest absolute Gasteiger partial charge is 0.390 e. The van der Waals surface area contributed by atoms with Gasteiger partial charge in [-0.2, -0.15) is 0 Å². The number of anilines is 1. The monoisotopic (exact) mass is 279 g/mol. The van der Waals surface area contributed by atoms with Crippen molar-refractivity contribution in [3.05, 3.63) is 22.2 Å². The predicted octanol–water partition coefficient (Wildman–Crippen LogP) is 1.81. The summed E-state index contributed by atoms with van der Waals surface area (Å²) in [4.78, 5) is 21.4. The molecule has 0 radical (unpaired) electrons. The SMILES string of the molecule is CCC1(O)CCN(c2ncc(C(C)(C)C)[nH]c2=O)CC1. The number of nitrogens with zero attached hydrogens (tertiary/aromatic N) is 2. The van der Waals surface area contributed by atoms with Gasteiger partial charge in [-0.25, -0.2) is 4.98 Å². The number of nitrogens with one attached hydrogen (secondary N) is 1. The normalized spacial score (nSPS) is 19.1. The van der Waals surface area contributed by atoms with Gasteiger partial charge in [0.1, 0.15) is 0 Å². The minimum absolute atomic E-state index is 0.116. The van der Waals surface area contributed by atoms with Crippen LogP contribution in [0.4, 0.5) is 5.82 Å². The molecule has 2 N–H and O–H groups in total. The van der Waals surface area contributed by atoms with E-state index in [4.69, 9.17) is 0 Å². The molecular weight excluding hydrogens is 254 g/mol. The average molecular weight is 279 g/mol. The lowest BCUT2D eigenvalue weighted by Crippen LogP contribution is -2.46. The molecule has 5 heteroatoms. The number of rotatable bonds is 2. The molecule has 0 aliphatic carbocycles. The van der Waals surface area contributed by atoms with Crippen molar-refractivity contribution in [3.63, 3.8) is 0 Å². The van der Waals surface area contributed by atoms with Gasteiger partial charge >= 0.3 is 0 Å². The van der Waals surface area contributed by atoms with E-state index < -0.39 is 5.60 Å². The molecule has 1 aliphatic rings. The van der Waals surface area contributed by atoms with Crippen LogP contribution in [-0.4, -0.2) is 33.8 Å². The summed E-state index contributed by atoms with van der Waals surface area (Å²) in [5, 5.41) is 10.2. The lowest BCUT2D eigenvalue weighted by Gasteiger charge is -2.37. The molecule has 0 atom stereocenters. The Balaban J connectivity index is 2.18. The van der Waals surface area contributed by atoms with Crippen LogP contribution in [0.25, 0.3) is 0 Å². The number of hydrogen-bond acceptors (Lipinski definition) is 4. The highest BCUT2D eigenvalue weighted by Gasteiger charge is 2.31. The zero-order chi connectivity index (χ0) is 15.0. The third-order valence-electron chi connectivity index (χ3n) is 4.23. The van der Waals surface area contributed by atoms with Crippen LogP contribution in [0.5, 0.6) is 0 Å². The Labute approximate surface area is 120 Å². The van der Waals surface area contributed by atoms with Crippen LogP contribution in [-0.2, 0) is 5.41 Å². The number of aromatic nitrogens is 2. The Kier molecular flexibility index (Phi) is 3.91. The van der Waals surface area contributed by atoms with Crippen molar-refractivity contribution in [3.8, 4) is 0 Å². The summed E-state index contributed by atoms with van der Waals surface area (Å²) in [6.07, 6.45) is 3.88. The summed E-state index contributed by atoms with van der Waals surface area (Å²) in [5.74, 6) is 0.469. The van der Waals surface area contributed by atoms with Crippen molar-refractivity contribution in [2.24, 2.45) is 0 Å². The van der Waals surface area contributed by atoms with E-state index >= 15 is 0 Å². The van der Waals surface area contributed by atoms with Gasteiger partial charge in [-0.15, -0.1) is 0 Å². The first-order valence-corrected chi connectivity index (χ1v) is 7.32. The lowest BCUT2D eigenvalue weighted by molar-refractivity contribution is 0.0124. The zero-order valence-electron chi connectivity index (χ0n) is 12.9. The van der Waals surface area contributed by atoms with Gasteiger partial charge in [-0.3, -0.25) is 4.79 Å². The summed E-state index contributed by atoms with van der Waals surface area (Å²) < 4.78 is 0. The Morgan fingerprint density at radius 1 is 1.40 bits per heavy atom. The first-order valence-electron chi connectivity index (χ1n) is 7.32. The molecule has 1 aromatic heterocycles. The summed E-state index contributed by atoms with van der Waals surface area (Å²) >= 11 is 0. The van der Waals surface area contributed by atoms with Gasteiger partial charge in [0.05, 0.1) is 5.60 Å². The van der Waals surface area contributed by atoms with E-state index in [-0.39, 0.29) is 11.0 Å². The third-order valence-corrected chi connectivity index (χ3v) is 4.23. The van der Waals surface area contributed by atoms with Gasteiger partial charge in [0, 0.05) is 30.4 Å². The molecular formula is C15H25N3O2. The predicted molar refractivity (Wildman–Crippen MR) is 80.2 cm³/mol. The van der Waals surface area contributed by atoms with Crippen LogP contribution in [0.1, 0.15) is 52.7 Å². The minimum atomic E-state index is -0.575. The van der Waals surface area contributed by atoms with E-state index in [9.17, 15) is 9.90 Å². The van der Waals surface area contributed by atoms with E-state index in [2.05, 4.69) is 9.97 Å². The van der Waals surface area contributed by atoms with Crippen molar-refractivity contribution in [1.29, 1.82) is 0 Å². The van der Waals surface area contributed by atoms with E-state index in [1.54, 1.807) is 6.20 Å². The van der Waals surface area contributed by atoms with E-state index in [0.29, 0.717) is 31.7 Å². The summed E-state index contributed by atoms with van der Waals surface area (Å²) in [6, 6.07) is 0. The van der Waals surface area contributed by atoms with Crippen molar-refractivity contribution in [2.45, 2.75) is 58.0 Å². The fraction of sp³-hybridized carbons (Fsp3) is 0.733. The maximum atomic E-state index is 12.2. The Morgan fingerprint density at radius 2 is 2.00 bits per heavy atom. The highest BCUT2D eigenvalue weighted by molar-refractivity contribution is 5.37. The van der Waals surface area contributed by atoms with Crippen LogP contribution in [0.15, 0.2) is 11.0 Å². The number of aliphatic hydroxyl groups is 1. The smallest absolute Gasteiger partial charge is 0.291 e. The standard InChI is InChI=1S/C15H25N3O2/c1-5-15(20)6-8-18(9-7-15)12-13(19)17-11(10-16-12)14(2,3)4/h10,20H,5-9H2,1-4H3,(H,17,19). The molecule has 20 heavy (non-hydrogen) atoms. The number of piperidine rings is 1. The fourth-order valence-corrected chi connectivity index (χ4v) is 2.49. The van der Waals surface area contributed by atoms with Crippen LogP contribution < -0.4 is 10.5 Å². The molecule has 1 aliphatic heterocycles. The maximum absolute atomic E-state index is 12.2. The highest BCUT2D eigenvalue weighted by atomic mass is 16.3. The second kappa shape index (κ2) is 5.20. The summed E-state index contributed by atoms with van der Waals surface area (Å²) in [7, 11) is 0. The van der Waals surface area contributed by atoms with Crippen LogP contribution in [0, 0.1) is 0 Å². The van der Waals surface area contributed by atoms with Crippen LogP contribution in [0.2, 0.25) is 0 Å². The minimum Gasteiger partial charge on any atom is -0.390 e. The first kappa shape index (κ1) is 15.0. The number of aromatic amines is 1. The highest BCUT2D eigenvalue weighted by Crippen LogP contribution is 2.27. The van der Waals surface area contributed by atoms with Crippen molar-refractivity contribution in [1.82, 2.24) is 9.97 Å². The molecule has 1 fully saturated rings. The Hall–Kier alpha value is -1.36. The van der Waals surface area contributed by atoms with Gasteiger partial charge < -0.3 is 15.0 Å². The lowest BCUT2D eigenvalue weighted by atomic mass is 9.89. The molecule has 2 heterocycles. The quantitative estimate of drug-likeness (QED) is 0.866. The van der Waals surface area contributed by atoms with Crippen molar-refractivity contribution >= 4 is 5.82 Å². The second-order valence-electron chi connectivity index (χ2n) is 6.76. The van der Waals surface area contributed by atoms with E-state index in [0.717, 1.165) is 12.1 Å².